The molecule has 2 aromatic carbocycles. The minimum Gasteiger partial charge on any atom is -0.453 e. The maximum atomic E-state index is 13.1. The summed E-state index contributed by atoms with van der Waals surface area (Å²) in [4.78, 5) is 18.6. The van der Waals surface area contributed by atoms with Crippen LogP contribution in [0.5, 0.6) is 0 Å². The Labute approximate surface area is 178 Å². The smallest absolute Gasteiger partial charge is 0.282 e. The SMILES string of the molecule is O=c1c2ccccc2nc(-c2cc3cc(Cl)ccc3o2)n1N=Cc1ccc(Cl)s1. The van der Waals surface area contributed by atoms with E-state index in [4.69, 9.17) is 27.6 Å². The number of thiophene rings is 1. The normalized spacial score (nSPS) is 11.8. The number of halogens is 2. The van der Waals surface area contributed by atoms with Crippen molar-refractivity contribution in [2.24, 2.45) is 5.10 Å². The van der Waals surface area contributed by atoms with E-state index < -0.39 is 0 Å². The molecule has 0 N–H and O–H groups in total. The summed E-state index contributed by atoms with van der Waals surface area (Å²) in [6.45, 7) is 0. The van der Waals surface area contributed by atoms with Gasteiger partial charge in [0.05, 0.1) is 21.5 Å². The number of nitrogens with zero attached hydrogens (tertiary/aromatic N) is 3. The van der Waals surface area contributed by atoms with E-state index in [-0.39, 0.29) is 5.56 Å². The molecule has 0 saturated carbocycles. The average Bonchev–Trinajstić information content (AvgIpc) is 3.32. The van der Waals surface area contributed by atoms with Crippen LogP contribution in [0.4, 0.5) is 0 Å². The van der Waals surface area contributed by atoms with Gasteiger partial charge in [0.15, 0.2) is 5.76 Å². The summed E-state index contributed by atoms with van der Waals surface area (Å²) in [5.74, 6) is 0.728. The largest absolute Gasteiger partial charge is 0.453 e. The molecule has 0 unspecified atom stereocenters. The zero-order valence-corrected chi connectivity index (χ0v) is 17.0. The fourth-order valence-electron chi connectivity index (χ4n) is 3.03. The summed E-state index contributed by atoms with van der Waals surface area (Å²) in [5.41, 5.74) is 0.923. The van der Waals surface area contributed by atoms with Gasteiger partial charge in [-0.25, -0.2) is 4.98 Å². The van der Waals surface area contributed by atoms with Crippen molar-refractivity contribution in [2.45, 2.75) is 0 Å². The molecule has 0 aliphatic heterocycles. The molecule has 0 amide bonds. The summed E-state index contributed by atoms with van der Waals surface area (Å²) in [6.07, 6.45) is 1.58. The molecule has 29 heavy (non-hydrogen) atoms. The van der Waals surface area contributed by atoms with Gasteiger partial charge >= 0.3 is 0 Å². The number of hydrogen-bond acceptors (Lipinski definition) is 5. The molecule has 0 radical (unpaired) electrons. The summed E-state index contributed by atoms with van der Waals surface area (Å²) in [7, 11) is 0. The molecule has 8 heteroatoms. The Morgan fingerprint density at radius 1 is 1.07 bits per heavy atom. The van der Waals surface area contributed by atoms with Crippen LogP contribution in [0.15, 0.2) is 75.0 Å². The van der Waals surface area contributed by atoms with E-state index in [0.29, 0.717) is 37.4 Å². The van der Waals surface area contributed by atoms with E-state index in [0.717, 1.165) is 10.3 Å². The molecule has 0 saturated heterocycles. The Morgan fingerprint density at radius 2 is 1.93 bits per heavy atom. The minimum absolute atomic E-state index is 0.289. The molecule has 0 atom stereocenters. The number of para-hydroxylation sites is 1. The molecular formula is C21H11Cl2N3O2S. The highest BCUT2D eigenvalue weighted by Crippen LogP contribution is 2.29. The molecule has 3 heterocycles. The number of aromatic nitrogens is 2. The zero-order valence-electron chi connectivity index (χ0n) is 14.7. The van der Waals surface area contributed by atoms with Crippen LogP contribution in [0.1, 0.15) is 4.88 Å². The van der Waals surface area contributed by atoms with E-state index in [1.807, 2.05) is 12.1 Å². The van der Waals surface area contributed by atoms with E-state index in [1.165, 1.54) is 16.0 Å². The van der Waals surface area contributed by atoms with Crippen LogP contribution < -0.4 is 5.56 Å². The van der Waals surface area contributed by atoms with Gasteiger partial charge in [0, 0.05) is 15.3 Å². The Morgan fingerprint density at radius 3 is 2.76 bits per heavy atom. The molecule has 5 nitrogen and oxygen atoms in total. The first-order valence-electron chi connectivity index (χ1n) is 8.59. The van der Waals surface area contributed by atoms with Gasteiger partial charge in [-0.05, 0) is 48.5 Å². The summed E-state index contributed by atoms with van der Waals surface area (Å²) in [5, 5.41) is 6.27. The predicted molar refractivity (Wildman–Crippen MR) is 119 cm³/mol. The van der Waals surface area contributed by atoms with Crippen LogP contribution in [0.25, 0.3) is 33.5 Å². The maximum Gasteiger partial charge on any atom is 0.282 e. The molecular weight excluding hydrogens is 429 g/mol. The standard InChI is InChI=1S/C21H11Cl2N3O2S/c22-13-5-7-17-12(9-13)10-18(28-17)20-25-16-4-2-1-3-15(16)21(27)26(20)24-11-14-6-8-19(23)29-14/h1-11H. The van der Waals surface area contributed by atoms with Crippen LogP contribution in [-0.4, -0.2) is 15.9 Å². The predicted octanol–water partition coefficient (Wildman–Crippen LogP) is 6.06. The van der Waals surface area contributed by atoms with Gasteiger partial charge in [-0.15, -0.1) is 11.3 Å². The van der Waals surface area contributed by atoms with Crippen LogP contribution >= 0.6 is 34.5 Å². The Bertz CT molecular complexity index is 1470. The van der Waals surface area contributed by atoms with Crippen molar-refractivity contribution >= 4 is 62.6 Å². The van der Waals surface area contributed by atoms with Gasteiger partial charge < -0.3 is 4.42 Å². The lowest BCUT2D eigenvalue weighted by molar-refractivity contribution is 0.616. The first-order valence-corrected chi connectivity index (χ1v) is 10.2. The Kier molecular flexibility index (Phi) is 4.47. The highest BCUT2D eigenvalue weighted by Gasteiger charge is 2.16. The monoisotopic (exact) mass is 439 g/mol. The quantitative estimate of drug-likeness (QED) is 0.321. The summed E-state index contributed by atoms with van der Waals surface area (Å²) < 4.78 is 7.83. The number of furan rings is 1. The maximum absolute atomic E-state index is 13.1. The van der Waals surface area contributed by atoms with Crippen molar-refractivity contribution < 1.29 is 4.42 Å². The minimum atomic E-state index is -0.289. The van der Waals surface area contributed by atoms with E-state index in [1.54, 1.807) is 54.7 Å². The third-order valence-corrected chi connectivity index (χ3v) is 5.75. The van der Waals surface area contributed by atoms with Crippen molar-refractivity contribution in [1.82, 2.24) is 9.66 Å². The lowest BCUT2D eigenvalue weighted by Gasteiger charge is -2.06. The van der Waals surface area contributed by atoms with Crippen LogP contribution in [-0.2, 0) is 0 Å². The van der Waals surface area contributed by atoms with Gasteiger partial charge in [0.25, 0.3) is 5.56 Å². The fraction of sp³-hybridized carbons (Fsp3) is 0. The van der Waals surface area contributed by atoms with Crippen molar-refractivity contribution in [3.8, 4) is 11.6 Å². The van der Waals surface area contributed by atoms with Crippen molar-refractivity contribution in [3.63, 3.8) is 0 Å². The molecule has 5 aromatic rings. The van der Waals surface area contributed by atoms with Gasteiger partial charge in [-0.1, -0.05) is 35.3 Å². The Hall–Kier alpha value is -2.93. The lowest BCUT2D eigenvalue weighted by atomic mass is 10.2. The number of fused-ring (bicyclic) bond motifs is 2. The van der Waals surface area contributed by atoms with Gasteiger partial charge in [0.1, 0.15) is 5.58 Å². The second-order valence-corrected chi connectivity index (χ2v) is 8.43. The van der Waals surface area contributed by atoms with Crippen LogP contribution in [0.3, 0.4) is 0 Å². The van der Waals surface area contributed by atoms with E-state index in [2.05, 4.69) is 10.1 Å². The van der Waals surface area contributed by atoms with Crippen molar-refractivity contribution in [1.29, 1.82) is 0 Å². The third kappa shape index (κ3) is 3.35. The number of rotatable bonds is 3. The highest BCUT2D eigenvalue weighted by atomic mass is 35.5. The molecule has 0 aliphatic rings. The first-order chi connectivity index (χ1) is 14.1. The Balaban J connectivity index is 1.75. The van der Waals surface area contributed by atoms with Gasteiger partial charge in [-0.2, -0.15) is 9.78 Å². The topological polar surface area (TPSA) is 60.4 Å². The number of hydrogen-bond donors (Lipinski definition) is 0. The van der Waals surface area contributed by atoms with Crippen molar-refractivity contribution in [3.05, 3.63) is 85.3 Å². The number of benzene rings is 2. The fourth-order valence-corrected chi connectivity index (χ4v) is 4.14. The lowest BCUT2D eigenvalue weighted by Crippen LogP contribution is -2.20. The molecule has 5 rings (SSSR count). The molecule has 3 aromatic heterocycles. The zero-order chi connectivity index (χ0) is 20.0. The summed E-state index contributed by atoms with van der Waals surface area (Å²) in [6, 6.07) is 17.9. The van der Waals surface area contributed by atoms with Crippen LogP contribution in [0, 0.1) is 0 Å². The molecule has 0 spiro atoms. The molecule has 142 valence electrons. The molecule has 0 aliphatic carbocycles. The van der Waals surface area contributed by atoms with Gasteiger partial charge in [0.2, 0.25) is 5.82 Å². The summed E-state index contributed by atoms with van der Waals surface area (Å²) >= 11 is 13.4. The second kappa shape index (κ2) is 7.15. The molecule has 0 bridgehead atoms. The van der Waals surface area contributed by atoms with E-state index >= 15 is 0 Å². The highest BCUT2D eigenvalue weighted by molar-refractivity contribution is 7.17. The molecule has 0 fully saturated rings. The first kappa shape index (κ1) is 18.1. The van der Waals surface area contributed by atoms with Gasteiger partial charge in [-0.3, -0.25) is 4.79 Å². The van der Waals surface area contributed by atoms with Crippen LogP contribution in [0.2, 0.25) is 9.36 Å². The van der Waals surface area contributed by atoms with Crippen molar-refractivity contribution in [2.75, 3.05) is 0 Å². The second-order valence-electron chi connectivity index (χ2n) is 6.25. The van der Waals surface area contributed by atoms with E-state index in [9.17, 15) is 4.79 Å². The third-order valence-electron chi connectivity index (χ3n) is 4.35. The average molecular weight is 440 g/mol.